The maximum atomic E-state index is 13.9. The molecular weight excluding hydrogens is 542 g/mol. The van der Waals surface area contributed by atoms with Crippen LogP contribution in [0.4, 0.5) is 5.00 Å². The lowest BCUT2D eigenvalue weighted by Crippen LogP contribution is -2.20. The van der Waals surface area contributed by atoms with Crippen LogP contribution in [0.1, 0.15) is 39.2 Å². The number of carbonyl (C=O) groups excluding carboxylic acids is 2. The Morgan fingerprint density at radius 2 is 1.75 bits per heavy atom. The van der Waals surface area contributed by atoms with Crippen LogP contribution in [0.3, 0.4) is 0 Å². The number of rotatable bonds is 9. The topological polar surface area (TPSA) is 99.0 Å². The summed E-state index contributed by atoms with van der Waals surface area (Å²) < 4.78 is 7.01. The molecule has 3 aromatic carbocycles. The summed E-state index contributed by atoms with van der Waals surface area (Å²) in [5.74, 6) is -0.793. The van der Waals surface area contributed by atoms with Crippen molar-refractivity contribution in [1.29, 1.82) is 0 Å². The molecule has 1 unspecified atom stereocenters. The molecule has 10 heteroatoms. The Hall–Kier alpha value is -4.28. The van der Waals surface area contributed by atoms with E-state index < -0.39 is 11.2 Å². The molecule has 1 N–H and O–H groups in total. The third-order valence-corrected chi connectivity index (χ3v) is 8.26. The third kappa shape index (κ3) is 5.83. The predicted molar refractivity (Wildman–Crippen MR) is 158 cm³/mol. The number of anilines is 1. The van der Waals surface area contributed by atoms with Crippen molar-refractivity contribution in [2.24, 2.45) is 0 Å². The number of carbonyl (C=O) groups is 2. The number of benzene rings is 3. The van der Waals surface area contributed by atoms with Crippen LogP contribution in [-0.2, 0) is 9.53 Å². The van der Waals surface area contributed by atoms with Crippen molar-refractivity contribution >= 4 is 40.0 Å². The molecule has 0 radical (unpaired) electrons. The summed E-state index contributed by atoms with van der Waals surface area (Å²) in [4.78, 5) is 27.0. The van der Waals surface area contributed by atoms with Gasteiger partial charge in [0.15, 0.2) is 0 Å². The molecule has 40 heavy (non-hydrogen) atoms. The van der Waals surface area contributed by atoms with Crippen LogP contribution in [0.5, 0.6) is 0 Å². The van der Waals surface area contributed by atoms with Gasteiger partial charge in [-0.2, -0.15) is 4.68 Å². The number of thiophene rings is 1. The van der Waals surface area contributed by atoms with Crippen molar-refractivity contribution in [3.63, 3.8) is 0 Å². The summed E-state index contributed by atoms with van der Waals surface area (Å²) in [5, 5.41) is 17.4. The molecule has 0 saturated carbocycles. The van der Waals surface area contributed by atoms with Crippen LogP contribution >= 0.6 is 23.1 Å². The number of aromatic nitrogens is 4. The van der Waals surface area contributed by atoms with Gasteiger partial charge in [0.25, 0.3) is 0 Å². The molecule has 5 rings (SSSR count). The summed E-state index contributed by atoms with van der Waals surface area (Å²) in [7, 11) is 0. The lowest BCUT2D eigenvalue weighted by molar-refractivity contribution is -0.115. The number of tetrazole rings is 1. The number of hydrogen-bond acceptors (Lipinski definition) is 8. The molecule has 0 fully saturated rings. The molecule has 8 nitrogen and oxygen atoms in total. The van der Waals surface area contributed by atoms with E-state index in [4.69, 9.17) is 4.74 Å². The molecule has 202 valence electrons. The SMILES string of the molecule is CCOC(=O)c1c(-c2ccccc2)csc1NC(=O)C(Sc1nnnn1-c1ccc(C)cc1C)c1ccccc1. The van der Waals surface area contributed by atoms with E-state index in [0.717, 1.165) is 27.9 Å². The number of amides is 1. The molecule has 0 aliphatic rings. The summed E-state index contributed by atoms with van der Waals surface area (Å²) in [6.07, 6.45) is 0. The number of hydrogen-bond donors (Lipinski definition) is 1. The highest BCUT2D eigenvalue weighted by atomic mass is 32.2. The predicted octanol–water partition coefficient (Wildman–Crippen LogP) is 6.66. The van der Waals surface area contributed by atoms with Gasteiger partial charge in [0.1, 0.15) is 15.8 Å². The van der Waals surface area contributed by atoms with E-state index >= 15 is 0 Å². The quantitative estimate of drug-likeness (QED) is 0.157. The van der Waals surface area contributed by atoms with Gasteiger partial charge in [-0.25, -0.2) is 4.79 Å². The number of nitrogens with zero attached hydrogens (tertiary/aromatic N) is 4. The van der Waals surface area contributed by atoms with E-state index in [-0.39, 0.29) is 12.5 Å². The number of nitrogens with one attached hydrogen (secondary N) is 1. The highest BCUT2D eigenvalue weighted by molar-refractivity contribution is 8.00. The van der Waals surface area contributed by atoms with Gasteiger partial charge in [-0.05, 0) is 54.0 Å². The minimum Gasteiger partial charge on any atom is -0.462 e. The molecule has 0 bridgehead atoms. The molecular formula is C30H27N5O3S2. The Labute approximate surface area is 240 Å². The number of aryl methyl sites for hydroxylation is 2. The highest BCUT2D eigenvalue weighted by Crippen LogP contribution is 2.40. The lowest BCUT2D eigenvalue weighted by Gasteiger charge is -2.17. The summed E-state index contributed by atoms with van der Waals surface area (Å²) in [5.41, 5.74) is 5.67. The van der Waals surface area contributed by atoms with Crippen LogP contribution in [-0.4, -0.2) is 38.7 Å². The van der Waals surface area contributed by atoms with Crippen molar-refractivity contribution in [1.82, 2.24) is 20.2 Å². The summed E-state index contributed by atoms with van der Waals surface area (Å²) >= 11 is 2.53. The monoisotopic (exact) mass is 569 g/mol. The van der Waals surface area contributed by atoms with Gasteiger partial charge in [-0.15, -0.1) is 16.4 Å². The molecule has 1 amide bonds. The molecule has 0 aliphatic carbocycles. The first-order valence-electron chi connectivity index (χ1n) is 12.7. The molecule has 2 aromatic heterocycles. The number of ether oxygens (including phenoxy) is 1. The van der Waals surface area contributed by atoms with E-state index in [1.807, 2.05) is 92.0 Å². The third-order valence-electron chi connectivity index (χ3n) is 6.18. The second-order valence-electron chi connectivity index (χ2n) is 9.00. The zero-order valence-corrected chi connectivity index (χ0v) is 23.8. The lowest BCUT2D eigenvalue weighted by atomic mass is 10.0. The van der Waals surface area contributed by atoms with Crippen LogP contribution in [0, 0.1) is 13.8 Å². The molecule has 5 aromatic rings. The van der Waals surface area contributed by atoms with Crippen molar-refractivity contribution < 1.29 is 14.3 Å². The normalized spacial score (nSPS) is 11.7. The number of thioether (sulfide) groups is 1. The van der Waals surface area contributed by atoms with Crippen LogP contribution in [0.2, 0.25) is 0 Å². The highest BCUT2D eigenvalue weighted by Gasteiger charge is 2.29. The van der Waals surface area contributed by atoms with Gasteiger partial charge in [-0.1, -0.05) is 90.1 Å². The Bertz CT molecular complexity index is 1630. The van der Waals surface area contributed by atoms with E-state index in [1.54, 1.807) is 11.6 Å². The van der Waals surface area contributed by atoms with Gasteiger partial charge in [0.2, 0.25) is 11.1 Å². The van der Waals surface area contributed by atoms with Gasteiger partial charge < -0.3 is 10.1 Å². The van der Waals surface area contributed by atoms with Gasteiger partial charge >= 0.3 is 5.97 Å². The zero-order valence-electron chi connectivity index (χ0n) is 22.2. The standard InChI is InChI=1S/C30H27N5O3S2/c1-4-38-29(37)25-23(21-11-7-5-8-12-21)18-39-28(25)31-27(36)26(22-13-9-6-10-14-22)40-30-32-33-34-35(30)24-16-15-19(2)17-20(24)3/h5-18,26H,4H2,1-3H3,(H,31,36). The minimum absolute atomic E-state index is 0.222. The van der Waals surface area contributed by atoms with Crippen molar-refractivity contribution in [3.8, 4) is 16.8 Å². The Balaban J connectivity index is 1.50. The molecule has 2 heterocycles. The molecule has 0 saturated heterocycles. The van der Waals surface area contributed by atoms with E-state index in [1.165, 1.54) is 23.1 Å². The fraction of sp³-hybridized carbons (Fsp3) is 0.167. The first kappa shape index (κ1) is 27.3. The van der Waals surface area contributed by atoms with E-state index in [0.29, 0.717) is 21.3 Å². The van der Waals surface area contributed by atoms with Crippen molar-refractivity contribution in [2.45, 2.75) is 31.2 Å². The summed E-state index contributed by atoms with van der Waals surface area (Å²) in [6.45, 7) is 6.00. The van der Waals surface area contributed by atoms with Gasteiger partial charge in [0, 0.05) is 10.9 Å². The first-order chi connectivity index (χ1) is 19.5. The minimum atomic E-state index is -0.700. The van der Waals surface area contributed by atoms with Crippen molar-refractivity contribution in [2.75, 3.05) is 11.9 Å². The Morgan fingerprint density at radius 3 is 2.45 bits per heavy atom. The molecule has 0 spiro atoms. The molecule has 1 atom stereocenters. The number of esters is 1. The maximum absolute atomic E-state index is 13.9. The largest absolute Gasteiger partial charge is 0.462 e. The second-order valence-corrected chi connectivity index (χ2v) is 11.0. The van der Waals surface area contributed by atoms with Crippen molar-refractivity contribution in [3.05, 3.63) is 106 Å². The van der Waals surface area contributed by atoms with Crippen LogP contribution in [0.15, 0.2) is 89.4 Å². The zero-order chi connectivity index (χ0) is 28.1. The summed E-state index contributed by atoms with van der Waals surface area (Å²) in [6, 6.07) is 25.0. The average molecular weight is 570 g/mol. The smallest absolute Gasteiger partial charge is 0.341 e. The fourth-order valence-electron chi connectivity index (χ4n) is 4.32. The average Bonchev–Trinajstić information content (AvgIpc) is 3.60. The second kappa shape index (κ2) is 12.3. The maximum Gasteiger partial charge on any atom is 0.341 e. The van der Waals surface area contributed by atoms with Crippen LogP contribution < -0.4 is 5.32 Å². The Morgan fingerprint density at radius 1 is 1.02 bits per heavy atom. The van der Waals surface area contributed by atoms with E-state index in [2.05, 4.69) is 26.9 Å². The van der Waals surface area contributed by atoms with Gasteiger partial charge in [0.05, 0.1) is 12.3 Å². The first-order valence-corrected chi connectivity index (χ1v) is 14.4. The molecule has 0 aliphatic heterocycles. The fourth-order valence-corrected chi connectivity index (χ4v) is 6.26. The van der Waals surface area contributed by atoms with Crippen LogP contribution in [0.25, 0.3) is 16.8 Å². The van der Waals surface area contributed by atoms with E-state index in [9.17, 15) is 9.59 Å². The Kier molecular flexibility index (Phi) is 8.37. The van der Waals surface area contributed by atoms with Gasteiger partial charge in [-0.3, -0.25) is 4.79 Å².